The van der Waals surface area contributed by atoms with Crippen LogP contribution in [0.2, 0.25) is 0 Å². The van der Waals surface area contributed by atoms with Crippen molar-refractivity contribution in [1.29, 1.82) is 0 Å². The maximum absolute atomic E-state index is 11.6. The van der Waals surface area contributed by atoms with E-state index in [-0.39, 0.29) is 23.3 Å². The molecular formula is C30H45NO6. The Bertz CT molecular complexity index is 839. The third-order valence-electron chi connectivity index (χ3n) is 7.40. The van der Waals surface area contributed by atoms with Crippen LogP contribution < -0.4 is 5.32 Å². The Balaban J connectivity index is 0.000000279. The van der Waals surface area contributed by atoms with Crippen LogP contribution in [0.4, 0.5) is 0 Å². The van der Waals surface area contributed by atoms with Gasteiger partial charge >= 0.3 is 17.9 Å². The molecule has 3 rings (SSSR count). The van der Waals surface area contributed by atoms with Crippen molar-refractivity contribution < 1.29 is 28.6 Å². The first-order valence-corrected chi connectivity index (χ1v) is 12.9. The number of hydrogen-bond acceptors (Lipinski definition) is 7. The number of hydrogen-bond donors (Lipinski definition) is 1. The molecule has 1 saturated heterocycles. The summed E-state index contributed by atoms with van der Waals surface area (Å²) in [6.45, 7) is 14.0. The summed E-state index contributed by atoms with van der Waals surface area (Å²) in [6, 6.07) is 9.60. The lowest BCUT2D eigenvalue weighted by Crippen LogP contribution is -2.49. The minimum atomic E-state index is -0.511. The summed E-state index contributed by atoms with van der Waals surface area (Å²) >= 11 is 0. The van der Waals surface area contributed by atoms with E-state index in [1.165, 1.54) is 21.1 Å². The molecule has 2 fully saturated rings. The Hall–Kier alpha value is -2.93. The van der Waals surface area contributed by atoms with E-state index in [2.05, 4.69) is 18.5 Å². The maximum atomic E-state index is 11.6. The molecule has 7 heteroatoms. The van der Waals surface area contributed by atoms with Crippen LogP contribution in [-0.2, 0) is 35.2 Å². The fourth-order valence-electron chi connectivity index (χ4n) is 5.02. The summed E-state index contributed by atoms with van der Waals surface area (Å²) < 4.78 is 14.4. The first kappa shape index (κ1) is 32.1. The first-order valence-electron chi connectivity index (χ1n) is 12.9. The van der Waals surface area contributed by atoms with E-state index in [0.29, 0.717) is 18.4 Å². The van der Waals surface area contributed by atoms with Crippen LogP contribution in [0.1, 0.15) is 64.9 Å². The van der Waals surface area contributed by atoms with E-state index < -0.39 is 5.54 Å². The molecule has 0 aromatic heterocycles. The van der Waals surface area contributed by atoms with Crippen molar-refractivity contribution in [3.63, 3.8) is 0 Å². The normalized spacial score (nSPS) is 25.9. The van der Waals surface area contributed by atoms with Gasteiger partial charge in [0.25, 0.3) is 0 Å². The fraction of sp³-hybridized carbons (Fsp3) is 0.567. The van der Waals surface area contributed by atoms with Crippen molar-refractivity contribution in [3.8, 4) is 0 Å². The predicted molar refractivity (Wildman–Crippen MR) is 146 cm³/mol. The van der Waals surface area contributed by atoms with Gasteiger partial charge in [-0.25, -0.2) is 0 Å². The van der Waals surface area contributed by atoms with Gasteiger partial charge in [-0.15, -0.1) is 13.2 Å². The van der Waals surface area contributed by atoms with Gasteiger partial charge in [-0.05, 0) is 69.9 Å². The Kier molecular flexibility index (Phi) is 13.9. The maximum Gasteiger partial charge on any atom is 0.326 e. The summed E-state index contributed by atoms with van der Waals surface area (Å²) in [5.41, 5.74) is 0.244. The number of ether oxygens (including phenoxy) is 3. The van der Waals surface area contributed by atoms with Gasteiger partial charge in [0.2, 0.25) is 0 Å². The van der Waals surface area contributed by atoms with E-state index in [4.69, 9.17) is 14.2 Å². The molecule has 0 amide bonds. The smallest absolute Gasteiger partial charge is 0.326 e. The van der Waals surface area contributed by atoms with Crippen LogP contribution in [0, 0.1) is 17.3 Å². The third kappa shape index (κ3) is 9.47. The monoisotopic (exact) mass is 515 g/mol. The highest BCUT2D eigenvalue weighted by Crippen LogP contribution is 2.45. The number of benzene rings is 1. The van der Waals surface area contributed by atoms with Crippen LogP contribution in [0.3, 0.4) is 0 Å². The number of carbonyl (C=O) groups excluding carboxylic acids is 3. The summed E-state index contributed by atoms with van der Waals surface area (Å²) in [6.07, 6.45) is 9.76. The molecule has 4 unspecified atom stereocenters. The quantitative estimate of drug-likeness (QED) is 0.282. The summed E-state index contributed by atoms with van der Waals surface area (Å²) in [5, 5.41) is 3.20. The molecule has 37 heavy (non-hydrogen) atoms. The highest BCUT2D eigenvalue weighted by molar-refractivity contribution is 5.81. The van der Waals surface area contributed by atoms with Crippen LogP contribution >= 0.6 is 0 Å². The molecule has 1 N–H and O–H groups in total. The van der Waals surface area contributed by atoms with Gasteiger partial charge in [-0.3, -0.25) is 14.4 Å². The van der Waals surface area contributed by atoms with Crippen LogP contribution in [0.5, 0.6) is 0 Å². The molecule has 2 aliphatic rings. The Morgan fingerprint density at radius 2 is 1.57 bits per heavy atom. The Morgan fingerprint density at radius 3 is 2.11 bits per heavy atom. The van der Waals surface area contributed by atoms with Gasteiger partial charge in [0.1, 0.15) is 12.1 Å². The summed E-state index contributed by atoms with van der Waals surface area (Å²) in [7, 11) is 2.90. The molecule has 4 atom stereocenters. The average molecular weight is 516 g/mol. The standard InChI is InChI=1S/C11H18O2.C10H17NO2.C9H10O2/c1-4-6-9-7-5-8-11(9,2)10(12)13-3;1-4-5-8-6-7-11-10(8,2)9(12)13-3;1-8(10)11-7-9-5-3-2-4-6-9/h4,9H,1,5-8H2,2-3H3;4,8,11H,1,5-7H2,2-3H3;2-6H,7H2,1H3. The number of methoxy groups -OCH3 is 2. The zero-order valence-corrected chi connectivity index (χ0v) is 23.2. The van der Waals surface area contributed by atoms with Gasteiger partial charge < -0.3 is 19.5 Å². The van der Waals surface area contributed by atoms with Gasteiger partial charge in [-0.1, -0.05) is 48.9 Å². The van der Waals surface area contributed by atoms with E-state index >= 15 is 0 Å². The van der Waals surface area contributed by atoms with Gasteiger partial charge in [-0.2, -0.15) is 0 Å². The number of nitrogens with one attached hydrogen (secondary N) is 1. The van der Waals surface area contributed by atoms with Gasteiger partial charge in [0, 0.05) is 6.92 Å². The zero-order valence-electron chi connectivity index (χ0n) is 23.2. The Labute approximate surface area is 222 Å². The molecule has 7 nitrogen and oxygen atoms in total. The summed E-state index contributed by atoms with van der Waals surface area (Å²) in [5.74, 6) is 0.275. The highest BCUT2D eigenvalue weighted by Gasteiger charge is 2.45. The number of allylic oxidation sites excluding steroid dienone is 2. The van der Waals surface area contributed by atoms with Crippen LogP contribution in [0.15, 0.2) is 55.6 Å². The van der Waals surface area contributed by atoms with Crippen molar-refractivity contribution in [2.45, 2.75) is 71.4 Å². The molecule has 1 aromatic rings. The second-order valence-electron chi connectivity index (χ2n) is 9.92. The average Bonchev–Trinajstić information content (AvgIpc) is 3.47. The van der Waals surface area contributed by atoms with Gasteiger partial charge in [0.05, 0.1) is 19.6 Å². The van der Waals surface area contributed by atoms with Crippen molar-refractivity contribution in [2.75, 3.05) is 20.8 Å². The van der Waals surface area contributed by atoms with Crippen molar-refractivity contribution in [2.24, 2.45) is 17.3 Å². The lowest BCUT2D eigenvalue weighted by molar-refractivity contribution is -0.154. The largest absolute Gasteiger partial charge is 0.469 e. The molecule has 206 valence electrons. The fourth-order valence-corrected chi connectivity index (χ4v) is 5.02. The van der Waals surface area contributed by atoms with Crippen molar-refractivity contribution >= 4 is 17.9 Å². The molecule has 0 spiro atoms. The number of rotatable bonds is 8. The molecular weight excluding hydrogens is 470 g/mol. The van der Waals surface area contributed by atoms with Gasteiger partial charge in [0.15, 0.2) is 0 Å². The minimum Gasteiger partial charge on any atom is -0.469 e. The predicted octanol–water partition coefficient (Wildman–Crippen LogP) is 5.40. The second kappa shape index (κ2) is 16.0. The zero-order chi connectivity index (χ0) is 27.9. The van der Waals surface area contributed by atoms with Crippen molar-refractivity contribution in [3.05, 3.63) is 61.2 Å². The molecule has 1 aliphatic heterocycles. The molecule has 1 aromatic carbocycles. The first-order chi connectivity index (χ1) is 17.6. The molecule has 1 saturated carbocycles. The van der Waals surface area contributed by atoms with E-state index in [1.54, 1.807) is 0 Å². The van der Waals surface area contributed by atoms with Crippen molar-refractivity contribution in [1.82, 2.24) is 5.32 Å². The molecule has 0 radical (unpaired) electrons. The molecule has 1 heterocycles. The van der Waals surface area contributed by atoms with Crippen LogP contribution in [0.25, 0.3) is 0 Å². The highest BCUT2D eigenvalue weighted by atomic mass is 16.5. The minimum absolute atomic E-state index is 0.0585. The lowest BCUT2D eigenvalue weighted by atomic mass is 9.78. The second-order valence-corrected chi connectivity index (χ2v) is 9.92. The topological polar surface area (TPSA) is 90.9 Å². The number of carbonyl (C=O) groups is 3. The van der Waals surface area contributed by atoms with E-state index in [0.717, 1.165) is 50.6 Å². The SMILES string of the molecule is C=CCC1CCCC1(C)C(=O)OC.C=CCC1CCNC1(C)C(=O)OC.CC(=O)OCc1ccccc1. The Morgan fingerprint density at radius 1 is 0.973 bits per heavy atom. The molecule has 0 bridgehead atoms. The third-order valence-corrected chi connectivity index (χ3v) is 7.40. The van der Waals surface area contributed by atoms with E-state index in [9.17, 15) is 14.4 Å². The van der Waals surface area contributed by atoms with E-state index in [1.807, 2.05) is 56.3 Å². The number of esters is 3. The summed E-state index contributed by atoms with van der Waals surface area (Å²) in [4.78, 5) is 33.5. The van der Waals surface area contributed by atoms with Crippen LogP contribution in [-0.4, -0.2) is 44.2 Å². The lowest BCUT2D eigenvalue weighted by Gasteiger charge is -2.27. The molecule has 1 aliphatic carbocycles.